The molecule has 4 nitrogen and oxygen atoms in total. The molecule has 3 N–H and O–H groups in total. The van der Waals surface area contributed by atoms with E-state index in [-0.39, 0.29) is 19.1 Å². The minimum absolute atomic E-state index is 0.0726. The van der Waals surface area contributed by atoms with Gasteiger partial charge in [0.05, 0.1) is 6.61 Å². The van der Waals surface area contributed by atoms with Crippen LogP contribution in [-0.2, 0) is 4.79 Å². The SMILES string of the molecule is CC(O)(CO)CNC(=O)CCCCCl. The summed E-state index contributed by atoms with van der Waals surface area (Å²) in [5.41, 5.74) is -1.23. The summed E-state index contributed by atoms with van der Waals surface area (Å²) in [4.78, 5) is 11.1. The lowest BCUT2D eigenvalue weighted by atomic mass is 10.1. The maximum absolute atomic E-state index is 11.1. The van der Waals surface area contributed by atoms with E-state index in [0.717, 1.165) is 12.8 Å². The van der Waals surface area contributed by atoms with E-state index < -0.39 is 5.60 Å². The molecule has 0 aliphatic heterocycles. The third-order valence-electron chi connectivity index (χ3n) is 1.79. The second-order valence-electron chi connectivity index (χ2n) is 3.58. The van der Waals surface area contributed by atoms with Gasteiger partial charge in [-0.15, -0.1) is 11.6 Å². The molecule has 0 rings (SSSR count). The van der Waals surface area contributed by atoms with Crippen LogP contribution < -0.4 is 5.32 Å². The number of rotatable bonds is 7. The number of nitrogens with one attached hydrogen (secondary N) is 1. The van der Waals surface area contributed by atoms with Crippen molar-refractivity contribution in [1.82, 2.24) is 5.32 Å². The van der Waals surface area contributed by atoms with Crippen LogP contribution in [0, 0.1) is 0 Å². The minimum Gasteiger partial charge on any atom is -0.393 e. The maximum atomic E-state index is 11.1. The van der Waals surface area contributed by atoms with Crippen LogP contribution in [0.1, 0.15) is 26.2 Å². The monoisotopic (exact) mass is 223 g/mol. The molecule has 1 unspecified atom stereocenters. The number of carbonyl (C=O) groups excluding carboxylic acids is 1. The average Bonchev–Trinajstić information content (AvgIpc) is 2.16. The molecule has 0 fully saturated rings. The zero-order valence-corrected chi connectivity index (χ0v) is 9.18. The Morgan fingerprint density at radius 3 is 2.64 bits per heavy atom. The molecule has 1 amide bonds. The van der Waals surface area contributed by atoms with Crippen LogP contribution in [0.4, 0.5) is 0 Å². The van der Waals surface area contributed by atoms with Gasteiger partial charge in [0.25, 0.3) is 0 Å². The normalized spacial score (nSPS) is 14.9. The van der Waals surface area contributed by atoms with Crippen molar-refractivity contribution >= 4 is 17.5 Å². The van der Waals surface area contributed by atoms with Crippen LogP contribution >= 0.6 is 11.6 Å². The number of amides is 1. The summed E-state index contributed by atoms with van der Waals surface area (Å²) in [6.45, 7) is 1.17. The lowest BCUT2D eigenvalue weighted by Crippen LogP contribution is -2.43. The highest BCUT2D eigenvalue weighted by Crippen LogP contribution is 2.00. The number of hydrogen-bond donors (Lipinski definition) is 3. The summed E-state index contributed by atoms with van der Waals surface area (Å²) in [5, 5.41) is 20.6. The van der Waals surface area contributed by atoms with Crippen LogP contribution in [-0.4, -0.2) is 40.8 Å². The van der Waals surface area contributed by atoms with Crippen molar-refractivity contribution in [3.8, 4) is 0 Å². The van der Waals surface area contributed by atoms with Gasteiger partial charge in [-0.2, -0.15) is 0 Å². The van der Waals surface area contributed by atoms with E-state index in [1.165, 1.54) is 6.92 Å². The van der Waals surface area contributed by atoms with Crippen molar-refractivity contribution < 1.29 is 15.0 Å². The number of alkyl halides is 1. The van der Waals surface area contributed by atoms with Gasteiger partial charge >= 0.3 is 0 Å². The van der Waals surface area contributed by atoms with E-state index in [9.17, 15) is 9.90 Å². The maximum Gasteiger partial charge on any atom is 0.220 e. The Balaban J connectivity index is 3.53. The third kappa shape index (κ3) is 7.12. The van der Waals surface area contributed by atoms with Crippen molar-refractivity contribution in [2.45, 2.75) is 31.8 Å². The van der Waals surface area contributed by atoms with Gasteiger partial charge in [0.1, 0.15) is 5.60 Å². The predicted octanol–water partition coefficient (Wildman–Crippen LogP) is 0.255. The molecule has 14 heavy (non-hydrogen) atoms. The van der Waals surface area contributed by atoms with Gasteiger partial charge in [0, 0.05) is 18.8 Å². The van der Waals surface area contributed by atoms with Crippen molar-refractivity contribution in [1.29, 1.82) is 0 Å². The zero-order valence-electron chi connectivity index (χ0n) is 8.42. The molecule has 0 aromatic heterocycles. The van der Waals surface area contributed by atoms with Crippen LogP contribution in [0.3, 0.4) is 0 Å². The zero-order chi connectivity index (χ0) is 11.0. The average molecular weight is 224 g/mol. The Morgan fingerprint density at radius 1 is 1.50 bits per heavy atom. The molecule has 0 aromatic rings. The Kier molecular flexibility index (Phi) is 6.87. The number of aliphatic hydroxyl groups is 2. The second-order valence-corrected chi connectivity index (χ2v) is 3.96. The molecule has 0 saturated carbocycles. The van der Waals surface area contributed by atoms with Gasteiger partial charge in [-0.3, -0.25) is 4.79 Å². The molecule has 1 atom stereocenters. The highest BCUT2D eigenvalue weighted by atomic mass is 35.5. The smallest absolute Gasteiger partial charge is 0.220 e. The molecule has 0 aliphatic rings. The lowest BCUT2D eigenvalue weighted by molar-refractivity contribution is -0.122. The number of carbonyl (C=O) groups is 1. The van der Waals surface area contributed by atoms with Gasteiger partial charge < -0.3 is 15.5 Å². The van der Waals surface area contributed by atoms with E-state index in [1.807, 2.05) is 0 Å². The summed E-state index contributed by atoms with van der Waals surface area (Å²) in [7, 11) is 0. The molecular weight excluding hydrogens is 206 g/mol. The van der Waals surface area contributed by atoms with Crippen LogP contribution in [0.5, 0.6) is 0 Å². The molecule has 0 radical (unpaired) electrons. The molecule has 0 aromatic carbocycles. The molecule has 0 spiro atoms. The van der Waals surface area contributed by atoms with Crippen LogP contribution in [0.25, 0.3) is 0 Å². The fourth-order valence-electron chi connectivity index (χ4n) is 0.813. The van der Waals surface area contributed by atoms with E-state index in [4.69, 9.17) is 16.7 Å². The molecule has 0 heterocycles. The van der Waals surface area contributed by atoms with Gasteiger partial charge in [-0.05, 0) is 19.8 Å². The van der Waals surface area contributed by atoms with Crippen LogP contribution in [0.2, 0.25) is 0 Å². The van der Waals surface area contributed by atoms with Crippen molar-refractivity contribution in [2.75, 3.05) is 19.0 Å². The first kappa shape index (κ1) is 13.7. The Labute approximate surface area is 89.3 Å². The molecule has 5 heteroatoms. The number of unbranched alkanes of at least 4 members (excludes halogenated alkanes) is 1. The molecule has 0 aliphatic carbocycles. The number of halogens is 1. The minimum atomic E-state index is -1.23. The summed E-state index contributed by atoms with van der Waals surface area (Å²) in [6, 6.07) is 0. The van der Waals surface area contributed by atoms with E-state index in [0.29, 0.717) is 12.3 Å². The highest BCUT2D eigenvalue weighted by Gasteiger charge is 2.19. The number of hydrogen-bond acceptors (Lipinski definition) is 3. The van der Waals surface area contributed by atoms with Gasteiger partial charge in [-0.25, -0.2) is 0 Å². The Morgan fingerprint density at radius 2 is 2.14 bits per heavy atom. The molecule has 0 bridgehead atoms. The summed E-state index contributed by atoms with van der Waals surface area (Å²) >= 11 is 5.45. The largest absolute Gasteiger partial charge is 0.393 e. The van der Waals surface area contributed by atoms with Crippen molar-refractivity contribution in [3.05, 3.63) is 0 Å². The summed E-state index contributed by atoms with van der Waals surface area (Å²) in [6.07, 6.45) is 1.97. The first-order chi connectivity index (χ1) is 6.52. The van der Waals surface area contributed by atoms with Crippen LogP contribution in [0.15, 0.2) is 0 Å². The molecule has 84 valence electrons. The molecular formula is C9H18ClNO3. The van der Waals surface area contributed by atoms with E-state index in [1.54, 1.807) is 0 Å². The second kappa shape index (κ2) is 7.04. The Bertz CT molecular complexity index is 173. The lowest BCUT2D eigenvalue weighted by Gasteiger charge is -2.20. The standard InChI is InChI=1S/C9H18ClNO3/c1-9(14,7-12)6-11-8(13)4-2-3-5-10/h12,14H,2-7H2,1H3,(H,11,13). The first-order valence-corrected chi connectivity index (χ1v) is 5.21. The fourth-order valence-corrected chi connectivity index (χ4v) is 1.00. The predicted molar refractivity (Wildman–Crippen MR) is 55.3 cm³/mol. The van der Waals surface area contributed by atoms with Gasteiger partial charge in [-0.1, -0.05) is 0 Å². The summed E-state index contributed by atoms with van der Waals surface area (Å²) in [5.74, 6) is 0.436. The number of aliphatic hydroxyl groups excluding tert-OH is 1. The van der Waals surface area contributed by atoms with E-state index in [2.05, 4.69) is 5.32 Å². The van der Waals surface area contributed by atoms with E-state index >= 15 is 0 Å². The third-order valence-corrected chi connectivity index (χ3v) is 2.06. The highest BCUT2D eigenvalue weighted by molar-refractivity contribution is 6.17. The van der Waals surface area contributed by atoms with Gasteiger partial charge in [0.15, 0.2) is 0 Å². The summed E-state index contributed by atoms with van der Waals surface area (Å²) < 4.78 is 0. The Hall–Kier alpha value is -0.320. The van der Waals surface area contributed by atoms with Gasteiger partial charge in [0.2, 0.25) is 5.91 Å². The molecule has 0 saturated heterocycles. The topological polar surface area (TPSA) is 69.6 Å². The van der Waals surface area contributed by atoms with Crippen molar-refractivity contribution in [2.24, 2.45) is 0 Å². The first-order valence-electron chi connectivity index (χ1n) is 4.68. The fraction of sp³-hybridized carbons (Fsp3) is 0.889. The van der Waals surface area contributed by atoms with Crippen molar-refractivity contribution in [3.63, 3.8) is 0 Å². The quantitative estimate of drug-likeness (QED) is 0.428.